The number of quaternary nitrogens is 1. The lowest BCUT2D eigenvalue weighted by Gasteiger charge is -2.19. The Bertz CT molecular complexity index is 887. The number of rotatable bonds is 10. The van der Waals surface area contributed by atoms with E-state index >= 15 is 0 Å². The van der Waals surface area contributed by atoms with Gasteiger partial charge in [-0.2, -0.15) is 0 Å². The number of carbonyl (C=O) groups excluding carboxylic acids is 3. The second-order valence-corrected chi connectivity index (χ2v) is 7.47. The van der Waals surface area contributed by atoms with Crippen molar-refractivity contribution in [3.63, 3.8) is 0 Å². The van der Waals surface area contributed by atoms with Crippen molar-refractivity contribution >= 4 is 34.8 Å². The van der Waals surface area contributed by atoms with Crippen LogP contribution in [0.4, 0.5) is 17.1 Å². The summed E-state index contributed by atoms with van der Waals surface area (Å²) >= 11 is 0. The van der Waals surface area contributed by atoms with Crippen molar-refractivity contribution in [2.75, 3.05) is 35.6 Å². The van der Waals surface area contributed by atoms with E-state index in [1.807, 2.05) is 25.1 Å². The second kappa shape index (κ2) is 11.9. The Morgan fingerprint density at radius 2 is 1.23 bits per heavy atom. The maximum Gasteiger partial charge on any atom is 0.279 e. The van der Waals surface area contributed by atoms with Crippen LogP contribution >= 0.6 is 0 Å². The zero-order valence-corrected chi connectivity index (χ0v) is 18.8. The van der Waals surface area contributed by atoms with Gasteiger partial charge < -0.3 is 20.9 Å². The molecular weight excluding hydrogens is 392 g/mol. The molecule has 7 nitrogen and oxygen atoms in total. The van der Waals surface area contributed by atoms with E-state index in [0.717, 1.165) is 34.6 Å². The van der Waals surface area contributed by atoms with Crippen LogP contribution < -0.4 is 20.9 Å². The highest BCUT2D eigenvalue weighted by Gasteiger charge is 2.18. The maximum atomic E-state index is 12.7. The summed E-state index contributed by atoms with van der Waals surface area (Å²) in [7, 11) is 0. The summed E-state index contributed by atoms with van der Waals surface area (Å²) in [5.74, 6) is -0.412. The van der Waals surface area contributed by atoms with Gasteiger partial charge in [0.25, 0.3) is 11.8 Å². The van der Waals surface area contributed by atoms with Gasteiger partial charge in [0.1, 0.15) is 0 Å². The molecule has 166 valence electrons. The van der Waals surface area contributed by atoms with Crippen LogP contribution in [0.25, 0.3) is 0 Å². The quantitative estimate of drug-likeness (QED) is 0.471. The molecule has 0 radical (unpaired) electrons. The number of amides is 3. The zero-order chi connectivity index (χ0) is 22.8. The molecule has 0 fully saturated rings. The third-order valence-electron chi connectivity index (χ3n) is 5.07. The smallest absolute Gasteiger partial charge is 0.279 e. The summed E-state index contributed by atoms with van der Waals surface area (Å²) in [5, 5.41) is 8.59. The molecule has 0 spiro atoms. The lowest BCUT2D eigenvalue weighted by molar-refractivity contribution is -0.881. The Hall–Kier alpha value is -3.19. The molecule has 0 aromatic heterocycles. The minimum Gasteiger partial charge on any atom is -0.326 e. The molecule has 0 saturated carbocycles. The lowest BCUT2D eigenvalue weighted by Crippen LogP contribution is -3.13. The highest BCUT2D eigenvalue weighted by Crippen LogP contribution is 2.22. The number of aryl methyl sites for hydroxylation is 2. The van der Waals surface area contributed by atoms with Gasteiger partial charge in [-0.25, -0.2) is 0 Å². The van der Waals surface area contributed by atoms with Crippen LogP contribution in [0.1, 0.15) is 38.8 Å². The number of benzene rings is 2. The molecular formula is C24H33N4O3+. The Kier molecular flexibility index (Phi) is 9.21. The first-order valence-electron chi connectivity index (χ1n) is 10.8. The minimum atomic E-state index is -0.167. The van der Waals surface area contributed by atoms with E-state index < -0.39 is 0 Å². The van der Waals surface area contributed by atoms with E-state index in [1.165, 1.54) is 6.92 Å². The molecule has 3 amide bonds. The van der Waals surface area contributed by atoms with E-state index in [1.54, 1.807) is 24.3 Å². The van der Waals surface area contributed by atoms with Crippen molar-refractivity contribution < 1.29 is 19.3 Å². The van der Waals surface area contributed by atoms with Crippen LogP contribution in [0.2, 0.25) is 0 Å². The third-order valence-corrected chi connectivity index (χ3v) is 5.07. The van der Waals surface area contributed by atoms with Gasteiger partial charge in [0.15, 0.2) is 13.1 Å². The van der Waals surface area contributed by atoms with Gasteiger partial charge in [-0.1, -0.05) is 32.0 Å². The number of hydrogen-bond acceptors (Lipinski definition) is 3. The van der Waals surface area contributed by atoms with Gasteiger partial charge in [0, 0.05) is 24.0 Å². The van der Waals surface area contributed by atoms with E-state index in [4.69, 9.17) is 0 Å². The van der Waals surface area contributed by atoms with Crippen LogP contribution in [0, 0.1) is 0 Å². The molecule has 0 aliphatic rings. The van der Waals surface area contributed by atoms with Crippen LogP contribution in [-0.2, 0) is 27.2 Å². The first kappa shape index (κ1) is 24.1. The van der Waals surface area contributed by atoms with Crippen LogP contribution in [0.5, 0.6) is 0 Å². The first-order chi connectivity index (χ1) is 14.9. The molecule has 2 rings (SSSR count). The van der Waals surface area contributed by atoms with Gasteiger partial charge in [0.05, 0.1) is 6.54 Å². The highest BCUT2D eigenvalue weighted by molar-refractivity contribution is 5.94. The van der Waals surface area contributed by atoms with Crippen molar-refractivity contribution in [2.45, 2.75) is 40.5 Å². The number of likely N-dealkylation sites (N-methyl/N-ethyl adjacent to an activating group) is 1. The van der Waals surface area contributed by atoms with Gasteiger partial charge >= 0.3 is 0 Å². The SMILES string of the molecule is CCc1cccc(CC)c1NC(=O)C[NH+](CC)CC(=O)Nc1ccc(NC(C)=O)cc1. The molecule has 2 aromatic rings. The number of carbonyl (C=O) groups is 3. The first-order valence-corrected chi connectivity index (χ1v) is 10.8. The number of para-hydroxylation sites is 1. The van der Waals surface area contributed by atoms with Gasteiger partial charge in [-0.15, -0.1) is 0 Å². The normalized spacial score (nSPS) is 11.5. The summed E-state index contributed by atoms with van der Waals surface area (Å²) < 4.78 is 0. The highest BCUT2D eigenvalue weighted by atomic mass is 16.2. The Balaban J connectivity index is 1.93. The van der Waals surface area contributed by atoms with Crippen molar-refractivity contribution in [1.29, 1.82) is 0 Å². The minimum absolute atomic E-state index is 0.0973. The fraction of sp³-hybridized carbons (Fsp3) is 0.375. The lowest BCUT2D eigenvalue weighted by atomic mass is 10.0. The monoisotopic (exact) mass is 425 g/mol. The molecule has 1 atom stereocenters. The summed E-state index contributed by atoms with van der Waals surface area (Å²) in [4.78, 5) is 37.1. The molecule has 4 N–H and O–H groups in total. The van der Waals surface area contributed by atoms with E-state index in [2.05, 4.69) is 29.8 Å². The molecule has 31 heavy (non-hydrogen) atoms. The van der Waals surface area contributed by atoms with Crippen molar-refractivity contribution in [2.24, 2.45) is 0 Å². The molecule has 0 aliphatic carbocycles. The van der Waals surface area contributed by atoms with Crippen molar-refractivity contribution in [3.8, 4) is 0 Å². The van der Waals surface area contributed by atoms with Crippen molar-refractivity contribution in [1.82, 2.24) is 0 Å². The maximum absolute atomic E-state index is 12.7. The largest absolute Gasteiger partial charge is 0.326 e. The molecule has 0 saturated heterocycles. The summed E-state index contributed by atoms with van der Waals surface area (Å²) in [6.07, 6.45) is 1.69. The zero-order valence-electron chi connectivity index (χ0n) is 18.8. The van der Waals surface area contributed by atoms with Gasteiger partial charge in [-0.05, 0) is 55.2 Å². The molecule has 0 aliphatic heterocycles. The number of nitrogens with one attached hydrogen (secondary N) is 4. The molecule has 7 heteroatoms. The Morgan fingerprint density at radius 3 is 1.68 bits per heavy atom. The molecule has 0 heterocycles. The summed E-state index contributed by atoms with van der Waals surface area (Å²) in [6.45, 7) is 8.59. The standard InChI is InChI=1S/C24H32N4O3/c1-5-18-9-8-10-19(6-2)24(18)27-23(31)16-28(7-3)15-22(30)26-21-13-11-20(12-14-21)25-17(4)29/h8-14H,5-7,15-16H2,1-4H3,(H,25,29)(H,26,30)(H,27,31)/p+1. The Morgan fingerprint density at radius 1 is 0.742 bits per heavy atom. The second-order valence-electron chi connectivity index (χ2n) is 7.47. The predicted octanol–water partition coefficient (Wildman–Crippen LogP) is 2.25. The van der Waals surface area contributed by atoms with Gasteiger partial charge in [0.2, 0.25) is 5.91 Å². The fourth-order valence-corrected chi connectivity index (χ4v) is 3.40. The van der Waals surface area contributed by atoms with Crippen molar-refractivity contribution in [3.05, 3.63) is 53.6 Å². The predicted molar refractivity (Wildman–Crippen MR) is 124 cm³/mol. The topological polar surface area (TPSA) is 91.7 Å². The number of anilines is 3. The summed E-state index contributed by atoms with van der Waals surface area (Å²) in [5.41, 5.74) is 4.44. The summed E-state index contributed by atoms with van der Waals surface area (Å²) in [6, 6.07) is 13.0. The number of hydrogen-bond donors (Lipinski definition) is 4. The van der Waals surface area contributed by atoms with E-state index in [0.29, 0.717) is 17.9 Å². The van der Waals surface area contributed by atoms with E-state index in [9.17, 15) is 14.4 Å². The fourth-order valence-electron chi connectivity index (χ4n) is 3.40. The average Bonchev–Trinajstić information content (AvgIpc) is 2.74. The van der Waals surface area contributed by atoms with Crippen LogP contribution in [0.15, 0.2) is 42.5 Å². The van der Waals surface area contributed by atoms with Crippen LogP contribution in [-0.4, -0.2) is 37.4 Å². The van der Waals surface area contributed by atoms with Crippen LogP contribution in [0.3, 0.4) is 0 Å². The molecule has 2 aromatic carbocycles. The van der Waals surface area contributed by atoms with E-state index in [-0.39, 0.29) is 30.8 Å². The Labute approximate surface area is 184 Å². The third kappa shape index (κ3) is 7.53. The molecule has 1 unspecified atom stereocenters. The average molecular weight is 426 g/mol. The molecule has 0 bridgehead atoms. The van der Waals surface area contributed by atoms with Gasteiger partial charge in [-0.3, -0.25) is 14.4 Å².